The van der Waals surface area contributed by atoms with Crippen LogP contribution in [0, 0.1) is 25.2 Å². The highest BCUT2D eigenvalue weighted by molar-refractivity contribution is 9.10. The number of carbonyl (C=O) groups excluding carboxylic acids is 1. The average Bonchev–Trinajstić information content (AvgIpc) is 2.73. The summed E-state index contributed by atoms with van der Waals surface area (Å²) in [6, 6.07) is 7.48. The van der Waals surface area contributed by atoms with Crippen LogP contribution in [0.1, 0.15) is 41.2 Å². The number of allylic oxidation sites excluding steroid dienone is 2. The monoisotopic (exact) mass is 357 g/mol. The first-order chi connectivity index (χ1) is 10.3. The summed E-state index contributed by atoms with van der Waals surface area (Å²) in [5.74, 6) is -0.0334. The third-order valence-electron chi connectivity index (χ3n) is 3.28. The summed E-state index contributed by atoms with van der Waals surface area (Å²) >= 11 is 3.38. The second kappa shape index (κ2) is 6.29. The average molecular weight is 358 g/mol. The van der Waals surface area contributed by atoms with Crippen LogP contribution in [0.2, 0.25) is 0 Å². The van der Waals surface area contributed by atoms with Gasteiger partial charge in [-0.15, -0.1) is 0 Å². The molecule has 0 aliphatic rings. The molecule has 0 amide bonds. The molecule has 2 aromatic rings. The van der Waals surface area contributed by atoms with Gasteiger partial charge in [0, 0.05) is 4.47 Å². The Labute approximate surface area is 138 Å². The molecule has 0 spiro atoms. The molecule has 0 saturated carbocycles. The predicted octanol–water partition coefficient (Wildman–Crippen LogP) is 4.27. The van der Waals surface area contributed by atoms with Gasteiger partial charge in [0.15, 0.2) is 5.78 Å². The van der Waals surface area contributed by atoms with Gasteiger partial charge >= 0.3 is 0 Å². The van der Waals surface area contributed by atoms with Gasteiger partial charge in [-0.2, -0.15) is 10.4 Å². The molecule has 0 aliphatic heterocycles. The molecule has 4 nitrogen and oxygen atoms in total. The van der Waals surface area contributed by atoms with Crippen molar-refractivity contribution < 1.29 is 4.79 Å². The molecule has 22 heavy (non-hydrogen) atoms. The van der Waals surface area contributed by atoms with Crippen molar-refractivity contribution in [1.29, 1.82) is 5.26 Å². The lowest BCUT2D eigenvalue weighted by molar-refractivity contribution is 0.104. The van der Waals surface area contributed by atoms with Crippen LogP contribution in [0.5, 0.6) is 0 Å². The fourth-order valence-corrected chi connectivity index (χ4v) is 2.77. The second-order valence-corrected chi connectivity index (χ2v) is 6.17. The van der Waals surface area contributed by atoms with Gasteiger partial charge in [0.2, 0.25) is 0 Å². The van der Waals surface area contributed by atoms with E-state index in [0.717, 1.165) is 17.0 Å². The summed E-state index contributed by atoms with van der Waals surface area (Å²) in [4.78, 5) is 12.3. The number of hydrogen-bond acceptors (Lipinski definition) is 3. The van der Waals surface area contributed by atoms with E-state index in [0.29, 0.717) is 21.3 Å². The Morgan fingerprint density at radius 1 is 1.36 bits per heavy atom. The van der Waals surface area contributed by atoms with E-state index in [-0.39, 0.29) is 5.78 Å². The van der Waals surface area contributed by atoms with E-state index in [1.54, 1.807) is 16.8 Å². The first-order valence-corrected chi connectivity index (χ1v) is 7.60. The van der Waals surface area contributed by atoms with E-state index < -0.39 is 0 Å². The Morgan fingerprint density at radius 3 is 2.59 bits per heavy atom. The third kappa shape index (κ3) is 3.02. The van der Waals surface area contributed by atoms with Crippen molar-refractivity contribution in [3.63, 3.8) is 0 Å². The van der Waals surface area contributed by atoms with Crippen LogP contribution in [0.3, 0.4) is 0 Å². The lowest BCUT2D eigenvalue weighted by atomic mass is 10.1. The van der Waals surface area contributed by atoms with Crippen LogP contribution in [0.15, 0.2) is 34.3 Å². The lowest BCUT2D eigenvalue weighted by Gasteiger charge is -2.06. The number of rotatable bonds is 3. The van der Waals surface area contributed by atoms with Gasteiger partial charge in [0.05, 0.1) is 28.2 Å². The fourth-order valence-electron chi connectivity index (χ4n) is 2.31. The maximum Gasteiger partial charge on any atom is 0.189 e. The van der Waals surface area contributed by atoms with Gasteiger partial charge in [0.25, 0.3) is 0 Å². The summed E-state index contributed by atoms with van der Waals surface area (Å²) in [7, 11) is 0. The number of nitrogens with zero attached hydrogens (tertiary/aromatic N) is 3. The number of nitriles is 1. The molecule has 0 N–H and O–H groups in total. The summed E-state index contributed by atoms with van der Waals surface area (Å²) in [6.07, 6.45) is 1.62. The van der Waals surface area contributed by atoms with Gasteiger partial charge in [-0.25, -0.2) is 4.68 Å². The summed E-state index contributed by atoms with van der Waals surface area (Å²) in [5.41, 5.74) is 4.44. The van der Waals surface area contributed by atoms with Gasteiger partial charge in [-0.05, 0) is 67.9 Å². The molecule has 0 fully saturated rings. The highest BCUT2D eigenvalue weighted by Crippen LogP contribution is 2.23. The molecule has 5 heteroatoms. The molecule has 0 aliphatic carbocycles. The SMILES string of the molecule is CC(C)=CC(=O)c1c(C)nn(-c2ccc(C#N)c(Br)c2)c1C. The smallest absolute Gasteiger partial charge is 0.189 e. The number of aryl methyl sites for hydroxylation is 1. The predicted molar refractivity (Wildman–Crippen MR) is 89.2 cm³/mol. The van der Waals surface area contributed by atoms with Gasteiger partial charge < -0.3 is 0 Å². The Hall–Kier alpha value is -2.19. The first kappa shape index (κ1) is 16.2. The van der Waals surface area contributed by atoms with E-state index >= 15 is 0 Å². The third-order valence-corrected chi connectivity index (χ3v) is 3.93. The van der Waals surface area contributed by atoms with Crippen molar-refractivity contribution in [3.8, 4) is 11.8 Å². The van der Waals surface area contributed by atoms with Crippen LogP contribution in [-0.4, -0.2) is 15.6 Å². The van der Waals surface area contributed by atoms with Crippen molar-refractivity contribution in [2.24, 2.45) is 0 Å². The largest absolute Gasteiger partial charge is 0.289 e. The van der Waals surface area contributed by atoms with Crippen LogP contribution in [0.25, 0.3) is 5.69 Å². The Morgan fingerprint density at radius 2 is 2.05 bits per heavy atom. The van der Waals surface area contributed by atoms with E-state index in [4.69, 9.17) is 5.26 Å². The Balaban J connectivity index is 2.56. The number of hydrogen-bond donors (Lipinski definition) is 0. The molecule has 0 saturated heterocycles. The number of halogens is 1. The van der Waals surface area contributed by atoms with E-state index in [1.807, 2.05) is 39.8 Å². The Bertz CT molecular complexity index is 821. The quantitative estimate of drug-likeness (QED) is 0.608. The van der Waals surface area contributed by atoms with E-state index in [1.165, 1.54) is 0 Å². The molecule has 1 aromatic carbocycles. The zero-order valence-corrected chi connectivity index (χ0v) is 14.5. The zero-order valence-electron chi connectivity index (χ0n) is 12.9. The maximum atomic E-state index is 12.3. The number of benzene rings is 1. The molecule has 1 heterocycles. The maximum absolute atomic E-state index is 12.3. The molecule has 1 aromatic heterocycles. The van der Waals surface area contributed by atoms with Gasteiger partial charge in [-0.3, -0.25) is 4.79 Å². The molecule has 0 bridgehead atoms. The fraction of sp³-hybridized carbons (Fsp3) is 0.235. The van der Waals surface area contributed by atoms with Crippen LogP contribution < -0.4 is 0 Å². The molecule has 2 rings (SSSR count). The van der Waals surface area contributed by atoms with Crippen molar-refractivity contribution in [3.05, 3.63) is 56.8 Å². The molecular weight excluding hydrogens is 342 g/mol. The minimum Gasteiger partial charge on any atom is -0.289 e. The van der Waals surface area contributed by atoms with Crippen LogP contribution >= 0.6 is 15.9 Å². The molecule has 112 valence electrons. The molecular formula is C17H16BrN3O. The van der Waals surface area contributed by atoms with E-state index in [2.05, 4.69) is 27.1 Å². The summed E-state index contributed by atoms with van der Waals surface area (Å²) < 4.78 is 2.44. The van der Waals surface area contributed by atoms with Gasteiger partial charge in [0.1, 0.15) is 6.07 Å². The molecule has 0 atom stereocenters. The summed E-state index contributed by atoms with van der Waals surface area (Å²) in [6.45, 7) is 7.49. The highest BCUT2D eigenvalue weighted by atomic mass is 79.9. The van der Waals surface area contributed by atoms with Gasteiger partial charge in [-0.1, -0.05) is 5.57 Å². The number of carbonyl (C=O) groups is 1. The normalized spacial score (nSPS) is 10.2. The minimum atomic E-state index is -0.0334. The second-order valence-electron chi connectivity index (χ2n) is 5.32. The van der Waals surface area contributed by atoms with Crippen molar-refractivity contribution in [2.75, 3.05) is 0 Å². The Kier molecular flexibility index (Phi) is 4.62. The minimum absolute atomic E-state index is 0.0334. The standard InChI is InChI=1S/C17H16BrN3O/c1-10(2)7-16(22)17-11(3)20-21(12(17)4)14-6-5-13(9-19)15(18)8-14/h5-8H,1-4H3. The van der Waals surface area contributed by atoms with Crippen molar-refractivity contribution >= 4 is 21.7 Å². The number of ketones is 1. The summed E-state index contributed by atoms with van der Waals surface area (Å²) in [5, 5.41) is 13.5. The van der Waals surface area contributed by atoms with Crippen LogP contribution in [0.4, 0.5) is 0 Å². The topological polar surface area (TPSA) is 58.7 Å². The first-order valence-electron chi connectivity index (χ1n) is 6.80. The molecule has 0 unspecified atom stereocenters. The van der Waals surface area contributed by atoms with Crippen molar-refractivity contribution in [1.82, 2.24) is 9.78 Å². The van der Waals surface area contributed by atoms with E-state index in [9.17, 15) is 4.79 Å². The van der Waals surface area contributed by atoms with Crippen LogP contribution in [-0.2, 0) is 0 Å². The lowest BCUT2D eigenvalue weighted by Crippen LogP contribution is -2.02. The number of aromatic nitrogens is 2. The molecule has 0 radical (unpaired) electrons. The zero-order chi connectivity index (χ0) is 16.4. The highest BCUT2D eigenvalue weighted by Gasteiger charge is 2.18. The van der Waals surface area contributed by atoms with Crippen molar-refractivity contribution in [2.45, 2.75) is 27.7 Å².